The zero-order chi connectivity index (χ0) is 17.1. The zero-order valence-electron chi connectivity index (χ0n) is 12.9. The number of nitrogens with zero attached hydrogens (tertiary/aromatic N) is 3. The van der Waals surface area contributed by atoms with E-state index in [-0.39, 0.29) is 16.9 Å². The highest BCUT2D eigenvalue weighted by atomic mass is 35.5. The molecule has 0 amide bonds. The fourth-order valence-corrected chi connectivity index (χ4v) is 3.17. The SMILES string of the molecule is Nc1ncc(-c2cc(C3CCCCC3)nc(Cl)n2)cc1OC(F)F. The Morgan fingerprint density at radius 2 is 1.92 bits per heavy atom. The van der Waals surface area contributed by atoms with E-state index in [1.54, 1.807) is 0 Å². The molecule has 0 bridgehead atoms. The number of nitrogen functional groups attached to an aromatic ring is 1. The molecule has 1 saturated carbocycles. The van der Waals surface area contributed by atoms with Crippen LogP contribution in [0.4, 0.5) is 14.6 Å². The summed E-state index contributed by atoms with van der Waals surface area (Å²) in [5.74, 6) is 0.0553. The molecule has 5 nitrogen and oxygen atoms in total. The molecule has 2 aromatic rings. The number of anilines is 1. The van der Waals surface area contributed by atoms with Gasteiger partial charge in [0.1, 0.15) is 0 Å². The molecule has 8 heteroatoms. The fraction of sp³-hybridized carbons (Fsp3) is 0.438. The molecule has 2 aromatic heterocycles. The molecule has 2 heterocycles. The van der Waals surface area contributed by atoms with Crippen molar-refractivity contribution in [1.82, 2.24) is 15.0 Å². The van der Waals surface area contributed by atoms with Crippen LogP contribution < -0.4 is 10.5 Å². The summed E-state index contributed by atoms with van der Waals surface area (Å²) in [5, 5.41) is 0.126. The van der Waals surface area contributed by atoms with E-state index in [1.165, 1.54) is 18.7 Å². The minimum Gasteiger partial charge on any atom is -0.431 e. The molecule has 0 unspecified atom stereocenters. The normalized spacial score (nSPS) is 15.7. The summed E-state index contributed by atoms with van der Waals surface area (Å²) < 4.78 is 29.3. The number of aromatic nitrogens is 3. The average Bonchev–Trinajstić information content (AvgIpc) is 2.57. The lowest BCUT2D eigenvalue weighted by Crippen LogP contribution is -2.08. The van der Waals surface area contributed by atoms with Crippen LogP contribution >= 0.6 is 11.6 Å². The summed E-state index contributed by atoms with van der Waals surface area (Å²) in [6.45, 7) is -2.98. The Morgan fingerprint density at radius 3 is 2.62 bits per heavy atom. The van der Waals surface area contributed by atoms with E-state index < -0.39 is 6.61 Å². The van der Waals surface area contributed by atoms with Gasteiger partial charge in [-0.05, 0) is 36.6 Å². The van der Waals surface area contributed by atoms with Crippen molar-refractivity contribution < 1.29 is 13.5 Å². The van der Waals surface area contributed by atoms with E-state index >= 15 is 0 Å². The lowest BCUT2D eigenvalue weighted by atomic mass is 9.86. The molecule has 24 heavy (non-hydrogen) atoms. The van der Waals surface area contributed by atoms with E-state index in [0.29, 0.717) is 17.2 Å². The topological polar surface area (TPSA) is 73.9 Å². The molecule has 0 aromatic carbocycles. The van der Waals surface area contributed by atoms with Crippen molar-refractivity contribution in [3.8, 4) is 17.0 Å². The number of nitrogens with two attached hydrogens (primary N) is 1. The number of rotatable bonds is 4. The molecule has 1 aliphatic rings. The predicted octanol–water partition coefficient (Wildman–Crippen LogP) is 4.42. The highest BCUT2D eigenvalue weighted by Crippen LogP contribution is 2.34. The smallest absolute Gasteiger partial charge is 0.387 e. The third-order valence-electron chi connectivity index (χ3n) is 4.14. The van der Waals surface area contributed by atoms with E-state index in [4.69, 9.17) is 17.3 Å². The van der Waals surface area contributed by atoms with Crippen LogP contribution in [0.5, 0.6) is 5.75 Å². The number of hydrogen-bond donors (Lipinski definition) is 1. The summed E-state index contributed by atoms with van der Waals surface area (Å²) in [4.78, 5) is 12.4. The molecule has 0 saturated heterocycles. The van der Waals surface area contributed by atoms with Crippen LogP contribution in [-0.2, 0) is 0 Å². The quantitative estimate of drug-likeness (QED) is 0.822. The van der Waals surface area contributed by atoms with Crippen LogP contribution in [0.15, 0.2) is 18.3 Å². The summed E-state index contributed by atoms with van der Waals surface area (Å²) >= 11 is 6.06. The standard InChI is InChI=1S/C16H17ClF2N4O/c17-15-22-11(9-4-2-1-3-5-9)7-12(23-15)10-6-13(24-16(18)19)14(20)21-8-10/h6-9,16H,1-5H2,(H2,20,21). The molecule has 1 aliphatic carbocycles. The Balaban J connectivity index is 1.95. The van der Waals surface area contributed by atoms with Crippen LogP contribution in [0, 0.1) is 0 Å². The van der Waals surface area contributed by atoms with Crippen molar-refractivity contribution in [3.63, 3.8) is 0 Å². The highest BCUT2D eigenvalue weighted by Gasteiger charge is 2.19. The molecule has 2 N–H and O–H groups in total. The van der Waals surface area contributed by atoms with Crippen LogP contribution in [-0.4, -0.2) is 21.6 Å². The second-order valence-corrected chi connectivity index (χ2v) is 6.11. The van der Waals surface area contributed by atoms with Gasteiger partial charge in [0.25, 0.3) is 0 Å². The number of halogens is 3. The maximum atomic E-state index is 12.5. The molecule has 0 spiro atoms. The van der Waals surface area contributed by atoms with Crippen LogP contribution in [0.3, 0.4) is 0 Å². The highest BCUT2D eigenvalue weighted by molar-refractivity contribution is 6.28. The first kappa shape index (κ1) is 16.8. The van der Waals surface area contributed by atoms with Crippen molar-refractivity contribution in [2.24, 2.45) is 0 Å². The van der Waals surface area contributed by atoms with Gasteiger partial charge in [0.2, 0.25) is 5.28 Å². The van der Waals surface area contributed by atoms with E-state index in [9.17, 15) is 8.78 Å². The lowest BCUT2D eigenvalue weighted by Gasteiger charge is -2.21. The van der Waals surface area contributed by atoms with Gasteiger partial charge >= 0.3 is 6.61 Å². The molecule has 1 fully saturated rings. The van der Waals surface area contributed by atoms with Gasteiger partial charge in [-0.15, -0.1) is 0 Å². The molecule has 3 rings (SSSR count). The lowest BCUT2D eigenvalue weighted by molar-refractivity contribution is -0.0494. The third-order valence-corrected chi connectivity index (χ3v) is 4.30. The van der Waals surface area contributed by atoms with Crippen LogP contribution in [0.25, 0.3) is 11.3 Å². The second kappa shape index (κ2) is 7.25. The minimum atomic E-state index is -2.98. The Bertz CT molecular complexity index is 723. The van der Waals surface area contributed by atoms with Crippen LogP contribution in [0.2, 0.25) is 5.28 Å². The van der Waals surface area contributed by atoms with E-state index in [1.807, 2.05) is 6.07 Å². The van der Waals surface area contributed by atoms with Gasteiger partial charge in [-0.2, -0.15) is 8.78 Å². The predicted molar refractivity (Wildman–Crippen MR) is 87.1 cm³/mol. The Hall–Kier alpha value is -2.02. The number of hydrogen-bond acceptors (Lipinski definition) is 5. The first-order valence-electron chi connectivity index (χ1n) is 7.78. The van der Waals surface area contributed by atoms with E-state index in [2.05, 4.69) is 19.7 Å². The monoisotopic (exact) mass is 354 g/mol. The summed E-state index contributed by atoms with van der Waals surface area (Å²) in [5.41, 5.74) is 7.45. The third kappa shape index (κ3) is 3.90. The number of pyridine rings is 1. The number of alkyl halides is 2. The molecule has 0 radical (unpaired) electrons. The van der Waals surface area contributed by atoms with Gasteiger partial charge in [0, 0.05) is 23.4 Å². The average molecular weight is 355 g/mol. The van der Waals surface area contributed by atoms with Gasteiger partial charge in [0.15, 0.2) is 11.6 Å². The van der Waals surface area contributed by atoms with Crippen molar-refractivity contribution in [1.29, 1.82) is 0 Å². The van der Waals surface area contributed by atoms with Gasteiger partial charge in [0.05, 0.1) is 5.69 Å². The maximum Gasteiger partial charge on any atom is 0.387 e. The van der Waals surface area contributed by atoms with Crippen molar-refractivity contribution in [3.05, 3.63) is 29.3 Å². The second-order valence-electron chi connectivity index (χ2n) is 5.77. The Kier molecular flexibility index (Phi) is 5.08. The largest absolute Gasteiger partial charge is 0.431 e. The van der Waals surface area contributed by atoms with Crippen molar-refractivity contribution in [2.45, 2.75) is 44.6 Å². The summed E-state index contributed by atoms with van der Waals surface area (Å²) in [6, 6.07) is 3.22. The zero-order valence-corrected chi connectivity index (χ0v) is 13.6. The van der Waals surface area contributed by atoms with Gasteiger partial charge < -0.3 is 10.5 Å². The first-order valence-corrected chi connectivity index (χ1v) is 8.16. The van der Waals surface area contributed by atoms with Gasteiger partial charge in [-0.25, -0.2) is 15.0 Å². The number of ether oxygens (including phenoxy) is 1. The van der Waals surface area contributed by atoms with Gasteiger partial charge in [-0.3, -0.25) is 0 Å². The Morgan fingerprint density at radius 1 is 1.17 bits per heavy atom. The fourth-order valence-electron chi connectivity index (χ4n) is 2.98. The first-order chi connectivity index (χ1) is 11.5. The van der Waals surface area contributed by atoms with Crippen LogP contribution in [0.1, 0.15) is 43.7 Å². The van der Waals surface area contributed by atoms with E-state index in [0.717, 1.165) is 31.4 Å². The molecule has 128 valence electrons. The molecule has 0 aliphatic heterocycles. The minimum absolute atomic E-state index is 0.105. The Labute approximate surface area is 143 Å². The maximum absolute atomic E-state index is 12.5. The van der Waals surface area contributed by atoms with Crippen molar-refractivity contribution >= 4 is 17.4 Å². The van der Waals surface area contributed by atoms with Crippen molar-refractivity contribution in [2.75, 3.05) is 5.73 Å². The summed E-state index contributed by atoms with van der Waals surface area (Å²) in [7, 11) is 0. The molecule has 0 atom stereocenters. The summed E-state index contributed by atoms with van der Waals surface area (Å²) in [6.07, 6.45) is 7.14. The van der Waals surface area contributed by atoms with Gasteiger partial charge in [-0.1, -0.05) is 19.3 Å². The molecular formula is C16H17ClF2N4O. The molecular weight excluding hydrogens is 338 g/mol.